The van der Waals surface area contributed by atoms with Crippen LogP contribution in [0.5, 0.6) is 0 Å². The van der Waals surface area contributed by atoms with Crippen molar-refractivity contribution in [2.24, 2.45) is 4.99 Å². The second-order valence-corrected chi connectivity index (χ2v) is 8.50. The van der Waals surface area contributed by atoms with Crippen molar-refractivity contribution in [3.8, 4) is 0 Å². The number of rotatable bonds is 6. The molecule has 7 nitrogen and oxygen atoms in total. The molecule has 0 aromatic heterocycles. The molecule has 0 atom stereocenters. The van der Waals surface area contributed by atoms with Crippen LogP contribution in [0.4, 0.5) is 5.69 Å². The van der Waals surface area contributed by atoms with E-state index in [2.05, 4.69) is 4.99 Å². The first-order valence-electron chi connectivity index (χ1n) is 10.6. The molecule has 1 saturated heterocycles. The fraction of sp³-hybridized carbons (Fsp3) is 0.0769. The number of amidine groups is 1. The standard InChI is InChI=1S/C26H19N3O4S/c30-23-20-13-7-8-14-21(20)24(31)29(23)33-16-15-28-25(32)22(17-18-9-3-1-4-10-18)34-26(28)27-19-11-5-2-6-12-19/h1-14,17H,15-16H2/b22-17+,27-26?. The molecule has 2 aliphatic rings. The maximum absolute atomic E-state index is 13.2. The smallest absolute Gasteiger partial charge is 0.284 e. The first-order valence-corrected chi connectivity index (χ1v) is 11.4. The number of hydrogen-bond donors (Lipinski definition) is 0. The predicted molar refractivity (Wildman–Crippen MR) is 130 cm³/mol. The first kappa shape index (κ1) is 21.8. The molecule has 8 heteroatoms. The summed E-state index contributed by atoms with van der Waals surface area (Å²) < 4.78 is 0. The van der Waals surface area contributed by atoms with Gasteiger partial charge in [-0.25, -0.2) is 4.99 Å². The molecular weight excluding hydrogens is 450 g/mol. The number of carbonyl (C=O) groups is 3. The average Bonchev–Trinajstić information content (AvgIpc) is 3.28. The highest BCUT2D eigenvalue weighted by atomic mass is 32.2. The molecule has 0 unspecified atom stereocenters. The molecule has 2 heterocycles. The number of hydroxylamine groups is 2. The van der Waals surface area contributed by atoms with Gasteiger partial charge in [0.2, 0.25) is 0 Å². The van der Waals surface area contributed by atoms with Gasteiger partial charge in [-0.1, -0.05) is 60.7 Å². The van der Waals surface area contributed by atoms with Crippen molar-refractivity contribution in [3.05, 3.63) is 107 Å². The monoisotopic (exact) mass is 469 g/mol. The van der Waals surface area contributed by atoms with Crippen LogP contribution in [-0.2, 0) is 9.63 Å². The third-order valence-corrected chi connectivity index (χ3v) is 6.27. The van der Waals surface area contributed by atoms with E-state index in [4.69, 9.17) is 4.84 Å². The summed E-state index contributed by atoms with van der Waals surface area (Å²) >= 11 is 1.27. The quantitative estimate of drug-likeness (QED) is 0.392. The van der Waals surface area contributed by atoms with Gasteiger partial charge in [-0.15, -0.1) is 5.06 Å². The van der Waals surface area contributed by atoms with Crippen LogP contribution < -0.4 is 0 Å². The van der Waals surface area contributed by atoms with Gasteiger partial charge >= 0.3 is 0 Å². The lowest BCUT2D eigenvalue weighted by Crippen LogP contribution is -2.36. The lowest BCUT2D eigenvalue weighted by molar-refractivity contribution is -0.125. The van der Waals surface area contributed by atoms with Crippen LogP contribution in [-0.4, -0.2) is 46.0 Å². The number of fused-ring (bicyclic) bond motifs is 1. The zero-order valence-electron chi connectivity index (χ0n) is 18.0. The molecule has 0 bridgehead atoms. The van der Waals surface area contributed by atoms with Crippen LogP contribution in [0.2, 0.25) is 0 Å². The van der Waals surface area contributed by atoms with Crippen molar-refractivity contribution in [1.29, 1.82) is 0 Å². The summed E-state index contributed by atoms with van der Waals surface area (Å²) in [5.41, 5.74) is 2.23. The number of nitrogens with zero attached hydrogens (tertiary/aromatic N) is 3. The highest BCUT2D eigenvalue weighted by molar-refractivity contribution is 8.18. The van der Waals surface area contributed by atoms with Gasteiger partial charge in [0.25, 0.3) is 17.7 Å². The molecule has 0 spiro atoms. The molecule has 2 aliphatic heterocycles. The lowest BCUT2D eigenvalue weighted by atomic mass is 10.1. The highest BCUT2D eigenvalue weighted by Gasteiger charge is 2.38. The summed E-state index contributed by atoms with van der Waals surface area (Å²) in [4.78, 5) is 50.4. The molecule has 3 aromatic rings. The van der Waals surface area contributed by atoms with Crippen LogP contribution in [0.25, 0.3) is 6.08 Å². The van der Waals surface area contributed by atoms with Crippen LogP contribution in [0, 0.1) is 0 Å². The van der Waals surface area contributed by atoms with Gasteiger partial charge in [0, 0.05) is 0 Å². The molecular formula is C26H19N3O4S. The van der Waals surface area contributed by atoms with Crippen LogP contribution in [0.3, 0.4) is 0 Å². The Morgan fingerprint density at radius 1 is 0.765 bits per heavy atom. The van der Waals surface area contributed by atoms with E-state index in [9.17, 15) is 14.4 Å². The van der Waals surface area contributed by atoms with Crippen molar-refractivity contribution in [2.75, 3.05) is 13.2 Å². The molecule has 0 saturated carbocycles. The van der Waals surface area contributed by atoms with E-state index in [0.717, 1.165) is 10.6 Å². The topological polar surface area (TPSA) is 79.3 Å². The molecule has 0 N–H and O–H groups in total. The number of imide groups is 1. The van der Waals surface area contributed by atoms with Crippen LogP contribution in [0.1, 0.15) is 26.3 Å². The van der Waals surface area contributed by atoms with Crippen molar-refractivity contribution >= 4 is 46.4 Å². The predicted octanol–water partition coefficient (Wildman–Crippen LogP) is 4.52. The highest BCUT2D eigenvalue weighted by Crippen LogP contribution is 2.34. The van der Waals surface area contributed by atoms with Crippen molar-refractivity contribution in [3.63, 3.8) is 0 Å². The molecule has 5 rings (SSSR count). The summed E-state index contributed by atoms with van der Waals surface area (Å²) in [5, 5.41) is 1.26. The SMILES string of the molecule is O=C1/C(=C\c2ccccc2)SC(=Nc2ccccc2)N1CCON1C(=O)c2ccccc2C1=O. The molecule has 3 amide bonds. The van der Waals surface area contributed by atoms with Gasteiger partial charge in [-0.2, -0.15) is 0 Å². The number of benzene rings is 3. The Morgan fingerprint density at radius 2 is 1.35 bits per heavy atom. The van der Waals surface area contributed by atoms with Crippen molar-refractivity contribution < 1.29 is 19.2 Å². The Bertz CT molecular complexity index is 1290. The third kappa shape index (κ3) is 4.28. The van der Waals surface area contributed by atoms with E-state index in [1.165, 1.54) is 16.7 Å². The van der Waals surface area contributed by atoms with Gasteiger partial charge in [0.1, 0.15) is 0 Å². The zero-order valence-corrected chi connectivity index (χ0v) is 18.8. The molecule has 34 heavy (non-hydrogen) atoms. The van der Waals surface area contributed by atoms with Gasteiger partial charge in [-0.3, -0.25) is 24.1 Å². The molecule has 0 aliphatic carbocycles. The second-order valence-electron chi connectivity index (χ2n) is 7.49. The minimum absolute atomic E-state index is 0.0514. The van der Waals surface area contributed by atoms with Crippen LogP contribution >= 0.6 is 11.8 Å². The summed E-state index contributed by atoms with van der Waals surface area (Å²) in [5.74, 6) is -1.23. The number of aliphatic imine (C=N–C) groups is 1. The Balaban J connectivity index is 1.34. The Kier molecular flexibility index (Phi) is 6.07. The van der Waals surface area contributed by atoms with Gasteiger partial charge in [-0.05, 0) is 47.7 Å². The number of para-hydroxylation sites is 1. The second kappa shape index (κ2) is 9.46. The van der Waals surface area contributed by atoms with E-state index in [-0.39, 0.29) is 19.1 Å². The van der Waals surface area contributed by atoms with Gasteiger partial charge in [0.05, 0.1) is 34.9 Å². The molecule has 168 valence electrons. The van der Waals surface area contributed by atoms with Crippen molar-refractivity contribution in [1.82, 2.24) is 9.96 Å². The Labute approximate surface area is 200 Å². The Hall–Kier alpha value is -4.01. The van der Waals surface area contributed by atoms with Gasteiger partial charge < -0.3 is 0 Å². The van der Waals surface area contributed by atoms with Crippen LogP contribution in [0.15, 0.2) is 94.8 Å². The maximum Gasteiger partial charge on any atom is 0.285 e. The average molecular weight is 470 g/mol. The number of amides is 3. The minimum atomic E-state index is -0.509. The lowest BCUT2D eigenvalue weighted by Gasteiger charge is -2.18. The summed E-state index contributed by atoms with van der Waals surface area (Å²) in [6.07, 6.45) is 1.82. The summed E-state index contributed by atoms with van der Waals surface area (Å²) in [7, 11) is 0. The van der Waals surface area contributed by atoms with E-state index >= 15 is 0 Å². The van der Waals surface area contributed by atoms with E-state index < -0.39 is 11.8 Å². The van der Waals surface area contributed by atoms with E-state index in [1.807, 2.05) is 66.7 Å². The first-order chi connectivity index (χ1) is 16.6. The largest absolute Gasteiger partial charge is 0.285 e. The molecule has 1 fully saturated rings. The van der Waals surface area contributed by atoms with E-state index in [1.54, 1.807) is 24.3 Å². The number of carbonyl (C=O) groups excluding carboxylic acids is 3. The third-order valence-electron chi connectivity index (χ3n) is 5.26. The fourth-order valence-electron chi connectivity index (χ4n) is 3.61. The zero-order chi connectivity index (χ0) is 23.5. The van der Waals surface area contributed by atoms with Gasteiger partial charge in [0.15, 0.2) is 5.17 Å². The summed E-state index contributed by atoms with van der Waals surface area (Å²) in [6.45, 7) is 0.0707. The fourth-order valence-corrected chi connectivity index (χ4v) is 4.63. The molecule has 0 radical (unpaired) electrons. The number of thioether (sulfide) groups is 1. The minimum Gasteiger partial charge on any atom is -0.284 e. The van der Waals surface area contributed by atoms with E-state index in [0.29, 0.717) is 26.9 Å². The normalized spacial score (nSPS) is 17.8. The Morgan fingerprint density at radius 3 is 2.00 bits per heavy atom. The van der Waals surface area contributed by atoms with Crippen molar-refractivity contribution in [2.45, 2.75) is 0 Å². The maximum atomic E-state index is 13.2. The summed E-state index contributed by atoms with van der Waals surface area (Å²) in [6, 6.07) is 25.5. The number of hydrogen-bond acceptors (Lipinski definition) is 6. The molecule has 3 aromatic carbocycles.